The topological polar surface area (TPSA) is 42.2 Å². The molecule has 0 fully saturated rings. The van der Waals surface area contributed by atoms with Gasteiger partial charge in [-0.05, 0) is 37.8 Å². The fourth-order valence-electron chi connectivity index (χ4n) is 3.89. The summed E-state index contributed by atoms with van der Waals surface area (Å²) in [4.78, 5) is 12.9. The largest absolute Gasteiger partial charge is 0.428 e. The molecule has 27 heavy (non-hydrogen) atoms. The van der Waals surface area contributed by atoms with Gasteiger partial charge in [0.1, 0.15) is 0 Å². The second-order valence-electron chi connectivity index (χ2n) is 7.77. The molecule has 0 unspecified atom stereocenters. The number of pyridine rings is 1. The highest BCUT2D eigenvalue weighted by Gasteiger charge is 2.15. The highest BCUT2D eigenvalue weighted by Crippen LogP contribution is 2.19. The van der Waals surface area contributed by atoms with Crippen LogP contribution in [0.25, 0.3) is 10.9 Å². The monoisotopic (exact) mass is 371 g/mol. The molecule has 1 aromatic carbocycles. The first-order chi connectivity index (χ1) is 13.2. The SMILES string of the molecule is CCCCCCCCCCCc1c(CCCC)c(=O)c2ccccc2n1O. The fraction of sp³-hybridized carbons (Fsp3) is 0.625. The summed E-state index contributed by atoms with van der Waals surface area (Å²) < 4.78 is 1.28. The maximum Gasteiger partial charge on any atom is 0.193 e. The summed E-state index contributed by atoms with van der Waals surface area (Å²) in [6.45, 7) is 4.39. The van der Waals surface area contributed by atoms with Crippen LogP contribution in [-0.2, 0) is 12.8 Å². The number of rotatable bonds is 13. The molecule has 0 radical (unpaired) electrons. The maximum absolute atomic E-state index is 12.9. The van der Waals surface area contributed by atoms with Gasteiger partial charge in [-0.2, -0.15) is 4.73 Å². The molecule has 1 aromatic heterocycles. The van der Waals surface area contributed by atoms with E-state index in [1.165, 1.54) is 56.1 Å². The lowest BCUT2D eigenvalue weighted by atomic mass is 9.99. The Morgan fingerprint density at radius 3 is 2.04 bits per heavy atom. The maximum atomic E-state index is 12.9. The summed E-state index contributed by atoms with van der Waals surface area (Å²) >= 11 is 0. The van der Waals surface area contributed by atoms with E-state index < -0.39 is 0 Å². The Morgan fingerprint density at radius 2 is 1.37 bits per heavy atom. The van der Waals surface area contributed by atoms with E-state index in [0.717, 1.165) is 43.4 Å². The van der Waals surface area contributed by atoms with Crippen LogP contribution in [0.15, 0.2) is 29.1 Å². The van der Waals surface area contributed by atoms with Crippen molar-refractivity contribution in [3.05, 3.63) is 45.7 Å². The molecule has 0 atom stereocenters. The zero-order chi connectivity index (χ0) is 19.5. The van der Waals surface area contributed by atoms with Gasteiger partial charge in [-0.1, -0.05) is 83.8 Å². The number of aromatic nitrogens is 1. The lowest BCUT2D eigenvalue weighted by Crippen LogP contribution is -2.20. The predicted molar refractivity (Wildman–Crippen MR) is 115 cm³/mol. The summed E-state index contributed by atoms with van der Waals surface area (Å²) in [6.07, 6.45) is 15.0. The fourth-order valence-corrected chi connectivity index (χ4v) is 3.89. The Morgan fingerprint density at radius 1 is 0.778 bits per heavy atom. The lowest BCUT2D eigenvalue weighted by Gasteiger charge is -2.15. The van der Waals surface area contributed by atoms with E-state index in [-0.39, 0.29) is 5.43 Å². The van der Waals surface area contributed by atoms with Gasteiger partial charge in [0.05, 0.1) is 11.2 Å². The molecule has 1 N–H and O–H groups in total. The van der Waals surface area contributed by atoms with E-state index in [1.807, 2.05) is 24.3 Å². The number of nitrogens with zero attached hydrogens (tertiary/aromatic N) is 1. The third-order valence-corrected chi connectivity index (χ3v) is 5.55. The van der Waals surface area contributed by atoms with Crippen LogP contribution in [0.1, 0.15) is 95.7 Å². The number of benzene rings is 1. The molecule has 2 rings (SSSR count). The van der Waals surface area contributed by atoms with E-state index in [9.17, 15) is 10.0 Å². The molecule has 3 nitrogen and oxygen atoms in total. The molecule has 0 spiro atoms. The first-order valence-corrected chi connectivity index (χ1v) is 11.1. The zero-order valence-corrected chi connectivity index (χ0v) is 17.3. The van der Waals surface area contributed by atoms with Crippen molar-refractivity contribution >= 4 is 10.9 Å². The van der Waals surface area contributed by atoms with Gasteiger partial charge in [0, 0.05) is 10.9 Å². The highest BCUT2D eigenvalue weighted by molar-refractivity contribution is 5.79. The van der Waals surface area contributed by atoms with Crippen molar-refractivity contribution in [3.8, 4) is 0 Å². The Bertz CT molecular complexity index is 748. The van der Waals surface area contributed by atoms with Gasteiger partial charge >= 0.3 is 0 Å². The standard InChI is InChI=1S/C24H37NO2/c1-3-5-7-8-9-10-11-12-13-18-22-20(16-6-4-2)24(26)21-17-14-15-19-23(21)25(22)27/h14-15,17,19,27H,3-13,16,18H2,1-2H3. The van der Waals surface area contributed by atoms with E-state index in [2.05, 4.69) is 13.8 Å². The first kappa shape index (κ1) is 21.5. The van der Waals surface area contributed by atoms with Gasteiger partial charge in [0.2, 0.25) is 0 Å². The van der Waals surface area contributed by atoms with Gasteiger partial charge in [-0.3, -0.25) is 4.79 Å². The van der Waals surface area contributed by atoms with E-state index in [4.69, 9.17) is 0 Å². The van der Waals surface area contributed by atoms with Crippen molar-refractivity contribution in [2.75, 3.05) is 0 Å². The zero-order valence-electron chi connectivity index (χ0n) is 17.3. The molecule has 2 aromatic rings. The van der Waals surface area contributed by atoms with Crippen molar-refractivity contribution in [2.45, 2.75) is 97.3 Å². The van der Waals surface area contributed by atoms with Gasteiger partial charge in [-0.25, -0.2) is 0 Å². The third kappa shape index (κ3) is 6.12. The quantitative estimate of drug-likeness (QED) is 0.316. The van der Waals surface area contributed by atoms with Crippen LogP contribution in [0.3, 0.4) is 0 Å². The number of hydrogen-bond acceptors (Lipinski definition) is 2. The summed E-state index contributed by atoms with van der Waals surface area (Å²) in [7, 11) is 0. The Labute approximate surface area is 164 Å². The van der Waals surface area contributed by atoms with Crippen LogP contribution < -0.4 is 5.43 Å². The molecular weight excluding hydrogens is 334 g/mol. The normalized spacial score (nSPS) is 11.3. The second kappa shape index (κ2) is 11.8. The molecule has 3 heteroatoms. The molecule has 0 amide bonds. The Kier molecular flexibility index (Phi) is 9.44. The molecule has 0 saturated carbocycles. The van der Waals surface area contributed by atoms with E-state index >= 15 is 0 Å². The number of para-hydroxylation sites is 1. The summed E-state index contributed by atoms with van der Waals surface area (Å²) in [6, 6.07) is 7.40. The van der Waals surface area contributed by atoms with E-state index in [0.29, 0.717) is 10.9 Å². The number of hydrogen-bond donors (Lipinski definition) is 1. The average molecular weight is 372 g/mol. The summed E-state index contributed by atoms with van der Waals surface area (Å²) in [5, 5.41) is 11.4. The average Bonchev–Trinajstić information content (AvgIpc) is 2.69. The van der Waals surface area contributed by atoms with Crippen molar-refractivity contribution in [1.82, 2.24) is 4.73 Å². The lowest BCUT2D eigenvalue weighted by molar-refractivity contribution is 0.186. The molecule has 0 aliphatic rings. The van der Waals surface area contributed by atoms with Gasteiger partial charge in [-0.15, -0.1) is 0 Å². The Hall–Kier alpha value is -1.77. The molecule has 0 aliphatic heterocycles. The van der Waals surface area contributed by atoms with Gasteiger partial charge in [0.15, 0.2) is 5.43 Å². The van der Waals surface area contributed by atoms with Crippen LogP contribution in [0.4, 0.5) is 0 Å². The van der Waals surface area contributed by atoms with Crippen molar-refractivity contribution in [1.29, 1.82) is 0 Å². The number of fused-ring (bicyclic) bond motifs is 1. The smallest absolute Gasteiger partial charge is 0.193 e. The minimum absolute atomic E-state index is 0.107. The molecule has 0 aliphatic carbocycles. The highest BCUT2D eigenvalue weighted by atomic mass is 16.5. The van der Waals surface area contributed by atoms with Crippen molar-refractivity contribution in [2.24, 2.45) is 0 Å². The molecule has 0 bridgehead atoms. The third-order valence-electron chi connectivity index (χ3n) is 5.55. The second-order valence-corrected chi connectivity index (χ2v) is 7.77. The van der Waals surface area contributed by atoms with Crippen LogP contribution >= 0.6 is 0 Å². The molecule has 1 heterocycles. The van der Waals surface area contributed by atoms with Crippen molar-refractivity contribution < 1.29 is 5.21 Å². The molecule has 0 saturated heterocycles. The number of unbranched alkanes of at least 4 members (excludes halogenated alkanes) is 9. The van der Waals surface area contributed by atoms with Crippen LogP contribution in [0.2, 0.25) is 0 Å². The van der Waals surface area contributed by atoms with Gasteiger partial charge < -0.3 is 5.21 Å². The van der Waals surface area contributed by atoms with E-state index in [1.54, 1.807) is 0 Å². The molecule has 150 valence electrons. The minimum atomic E-state index is 0.107. The molecular formula is C24H37NO2. The first-order valence-electron chi connectivity index (χ1n) is 11.1. The Balaban J connectivity index is 1.99. The predicted octanol–water partition coefficient (Wildman–Crippen LogP) is 6.65. The van der Waals surface area contributed by atoms with Crippen molar-refractivity contribution in [3.63, 3.8) is 0 Å². The van der Waals surface area contributed by atoms with Gasteiger partial charge in [0.25, 0.3) is 0 Å². The van der Waals surface area contributed by atoms with Crippen LogP contribution in [0.5, 0.6) is 0 Å². The van der Waals surface area contributed by atoms with Crippen LogP contribution in [0, 0.1) is 0 Å². The summed E-state index contributed by atoms with van der Waals surface area (Å²) in [5.41, 5.74) is 2.39. The van der Waals surface area contributed by atoms with Crippen LogP contribution in [-0.4, -0.2) is 9.94 Å². The summed E-state index contributed by atoms with van der Waals surface area (Å²) in [5.74, 6) is 0. The minimum Gasteiger partial charge on any atom is -0.428 e.